The van der Waals surface area contributed by atoms with E-state index in [1.165, 1.54) is 0 Å². The number of ether oxygens (including phenoxy) is 2. The topological polar surface area (TPSA) is 59.6 Å². The third-order valence-electron chi connectivity index (χ3n) is 3.66. The number of hydrogen-bond acceptors (Lipinski definition) is 3. The van der Waals surface area contributed by atoms with Crippen molar-refractivity contribution in [1.82, 2.24) is 10.6 Å². The first kappa shape index (κ1) is 13.6. The van der Waals surface area contributed by atoms with Crippen LogP contribution in [0.15, 0.2) is 0 Å². The zero-order valence-electron chi connectivity index (χ0n) is 11.1. The van der Waals surface area contributed by atoms with Gasteiger partial charge in [-0.1, -0.05) is 0 Å². The molecule has 0 saturated carbocycles. The van der Waals surface area contributed by atoms with E-state index in [9.17, 15) is 4.79 Å². The Balaban J connectivity index is 1.56. The fourth-order valence-electron chi connectivity index (χ4n) is 2.59. The van der Waals surface area contributed by atoms with Gasteiger partial charge in [-0.25, -0.2) is 4.79 Å². The average Bonchev–Trinajstić information content (AvgIpc) is 2.87. The number of carbonyl (C=O) groups excluding carboxylic acids is 1. The van der Waals surface area contributed by atoms with E-state index in [4.69, 9.17) is 9.47 Å². The molecule has 2 fully saturated rings. The summed E-state index contributed by atoms with van der Waals surface area (Å²) >= 11 is 0. The molecule has 0 spiro atoms. The lowest BCUT2D eigenvalue weighted by molar-refractivity contribution is 0.00345. The van der Waals surface area contributed by atoms with Crippen molar-refractivity contribution in [2.24, 2.45) is 5.92 Å². The van der Waals surface area contributed by atoms with Crippen molar-refractivity contribution in [2.45, 2.75) is 44.8 Å². The Kier molecular flexibility index (Phi) is 5.26. The van der Waals surface area contributed by atoms with Crippen LogP contribution in [0, 0.1) is 5.92 Å². The minimum absolute atomic E-state index is 0.0790. The summed E-state index contributed by atoms with van der Waals surface area (Å²) in [5, 5.41) is 5.80. The summed E-state index contributed by atoms with van der Waals surface area (Å²) in [5.74, 6) is 0.544. The maximum absolute atomic E-state index is 11.6. The summed E-state index contributed by atoms with van der Waals surface area (Å²) in [6.07, 6.45) is 4.76. The molecular formula is C13H24N2O3. The second kappa shape index (κ2) is 6.95. The van der Waals surface area contributed by atoms with Crippen LogP contribution in [0.25, 0.3) is 0 Å². The van der Waals surface area contributed by atoms with Crippen LogP contribution in [-0.4, -0.2) is 44.5 Å². The second-order valence-corrected chi connectivity index (χ2v) is 5.30. The van der Waals surface area contributed by atoms with E-state index in [0.29, 0.717) is 18.6 Å². The monoisotopic (exact) mass is 256 g/mol. The first-order valence-electron chi connectivity index (χ1n) is 6.99. The van der Waals surface area contributed by atoms with Gasteiger partial charge in [-0.15, -0.1) is 0 Å². The molecule has 3 atom stereocenters. The van der Waals surface area contributed by atoms with Crippen molar-refractivity contribution in [3.05, 3.63) is 0 Å². The molecule has 2 rings (SSSR count). The average molecular weight is 256 g/mol. The predicted molar refractivity (Wildman–Crippen MR) is 68.5 cm³/mol. The fourth-order valence-corrected chi connectivity index (χ4v) is 2.59. The highest BCUT2D eigenvalue weighted by molar-refractivity contribution is 5.73. The Bertz CT molecular complexity index is 267. The van der Waals surface area contributed by atoms with E-state index in [0.717, 1.165) is 45.4 Å². The quantitative estimate of drug-likeness (QED) is 0.796. The third kappa shape index (κ3) is 4.46. The molecular weight excluding hydrogens is 232 g/mol. The van der Waals surface area contributed by atoms with E-state index in [-0.39, 0.29) is 12.1 Å². The SMILES string of the molecule is CC1CC(CNC(=O)NCC2CCCO2)CCO1. The van der Waals surface area contributed by atoms with Gasteiger partial charge < -0.3 is 20.1 Å². The molecule has 0 aromatic rings. The second-order valence-electron chi connectivity index (χ2n) is 5.30. The van der Waals surface area contributed by atoms with Crippen LogP contribution >= 0.6 is 0 Å². The predicted octanol–water partition coefficient (Wildman–Crippen LogP) is 1.28. The molecule has 0 aromatic heterocycles. The summed E-state index contributed by atoms with van der Waals surface area (Å²) in [7, 11) is 0. The van der Waals surface area contributed by atoms with Gasteiger partial charge in [-0.2, -0.15) is 0 Å². The summed E-state index contributed by atoms with van der Waals surface area (Å²) < 4.78 is 10.9. The number of nitrogens with one attached hydrogen (secondary N) is 2. The summed E-state index contributed by atoms with van der Waals surface area (Å²) in [5.41, 5.74) is 0. The molecule has 2 amide bonds. The zero-order valence-corrected chi connectivity index (χ0v) is 11.1. The van der Waals surface area contributed by atoms with Gasteiger partial charge in [0.05, 0.1) is 12.2 Å². The number of rotatable bonds is 4. The Morgan fingerprint density at radius 3 is 2.72 bits per heavy atom. The molecule has 2 heterocycles. The first-order valence-corrected chi connectivity index (χ1v) is 6.99. The van der Waals surface area contributed by atoms with E-state index < -0.39 is 0 Å². The van der Waals surface area contributed by atoms with Crippen LogP contribution in [0.3, 0.4) is 0 Å². The molecule has 18 heavy (non-hydrogen) atoms. The van der Waals surface area contributed by atoms with Crippen molar-refractivity contribution in [3.8, 4) is 0 Å². The zero-order chi connectivity index (χ0) is 12.8. The number of hydrogen-bond donors (Lipinski definition) is 2. The third-order valence-corrected chi connectivity index (χ3v) is 3.66. The molecule has 0 bridgehead atoms. The van der Waals surface area contributed by atoms with E-state index in [1.807, 2.05) is 0 Å². The van der Waals surface area contributed by atoms with Crippen LogP contribution in [0.4, 0.5) is 4.79 Å². The van der Waals surface area contributed by atoms with Crippen LogP contribution in [0.5, 0.6) is 0 Å². The van der Waals surface area contributed by atoms with Gasteiger partial charge in [-0.3, -0.25) is 0 Å². The maximum atomic E-state index is 11.6. The molecule has 2 aliphatic heterocycles. The number of carbonyl (C=O) groups is 1. The molecule has 3 unspecified atom stereocenters. The summed E-state index contributed by atoms with van der Waals surface area (Å²) in [6, 6.07) is -0.0790. The lowest BCUT2D eigenvalue weighted by Gasteiger charge is -2.27. The molecule has 2 N–H and O–H groups in total. The van der Waals surface area contributed by atoms with Gasteiger partial charge in [0.1, 0.15) is 0 Å². The van der Waals surface area contributed by atoms with Gasteiger partial charge >= 0.3 is 6.03 Å². The Hall–Kier alpha value is -0.810. The van der Waals surface area contributed by atoms with Crippen molar-refractivity contribution in [1.29, 1.82) is 0 Å². The van der Waals surface area contributed by atoms with Crippen molar-refractivity contribution >= 4 is 6.03 Å². The highest BCUT2D eigenvalue weighted by Crippen LogP contribution is 2.18. The molecule has 0 radical (unpaired) electrons. The van der Waals surface area contributed by atoms with Crippen molar-refractivity contribution in [3.63, 3.8) is 0 Å². The van der Waals surface area contributed by atoms with Crippen molar-refractivity contribution < 1.29 is 14.3 Å². The summed E-state index contributed by atoms with van der Waals surface area (Å²) in [4.78, 5) is 11.6. The van der Waals surface area contributed by atoms with E-state index in [1.54, 1.807) is 0 Å². The van der Waals surface area contributed by atoms with E-state index in [2.05, 4.69) is 17.6 Å². The minimum Gasteiger partial charge on any atom is -0.378 e. The Morgan fingerprint density at radius 1 is 1.17 bits per heavy atom. The van der Waals surface area contributed by atoms with Crippen LogP contribution in [0.2, 0.25) is 0 Å². The standard InChI is InChI=1S/C13H24N2O3/c1-10-7-11(4-6-17-10)8-14-13(16)15-9-12-3-2-5-18-12/h10-12H,2-9H2,1H3,(H2,14,15,16). The van der Waals surface area contributed by atoms with Gasteiger partial charge in [-0.05, 0) is 38.5 Å². The molecule has 5 heteroatoms. The largest absolute Gasteiger partial charge is 0.378 e. The maximum Gasteiger partial charge on any atom is 0.314 e. The smallest absolute Gasteiger partial charge is 0.314 e. The minimum atomic E-state index is -0.0790. The lowest BCUT2D eigenvalue weighted by atomic mass is 9.96. The highest BCUT2D eigenvalue weighted by atomic mass is 16.5. The molecule has 0 aliphatic carbocycles. The van der Waals surface area contributed by atoms with Crippen LogP contribution in [-0.2, 0) is 9.47 Å². The summed E-state index contributed by atoms with van der Waals surface area (Å²) in [6.45, 7) is 5.09. The van der Waals surface area contributed by atoms with E-state index >= 15 is 0 Å². The molecule has 5 nitrogen and oxygen atoms in total. The number of amides is 2. The Morgan fingerprint density at radius 2 is 2.00 bits per heavy atom. The molecule has 2 saturated heterocycles. The van der Waals surface area contributed by atoms with Crippen LogP contribution in [0.1, 0.15) is 32.6 Å². The van der Waals surface area contributed by atoms with Gasteiger partial charge in [0.2, 0.25) is 0 Å². The number of urea groups is 1. The van der Waals surface area contributed by atoms with Crippen LogP contribution < -0.4 is 10.6 Å². The highest BCUT2D eigenvalue weighted by Gasteiger charge is 2.20. The van der Waals surface area contributed by atoms with Gasteiger partial charge in [0.15, 0.2) is 0 Å². The molecule has 2 aliphatic rings. The van der Waals surface area contributed by atoms with Crippen molar-refractivity contribution in [2.75, 3.05) is 26.3 Å². The lowest BCUT2D eigenvalue weighted by Crippen LogP contribution is -2.42. The fraction of sp³-hybridized carbons (Fsp3) is 0.923. The van der Waals surface area contributed by atoms with Gasteiger partial charge in [0.25, 0.3) is 0 Å². The Labute approximate surface area is 109 Å². The molecule has 104 valence electrons. The normalized spacial score (nSPS) is 32.2. The molecule has 0 aromatic carbocycles. The first-order chi connectivity index (χ1) is 8.74. The van der Waals surface area contributed by atoms with Gasteiger partial charge in [0, 0.05) is 26.3 Å².